The normalized spacial score (nSPS) is 16.2. The maximum absolute atomic E-state index is 13.0. The number of benzene rings is 1. The lowest BCUT2D eigenvalue weighted by molar-refractivity contribution is 0.134. The molecule has 0 radical (unpaired) electrons. The molecule has 2 unspecified atom stereocenters. The van der Waals surface area contributed by atoms with Gasteiger partial charge in [0.2, 0.25) is 4.73 Å². The lowest BCUT2D eigenvalue weighted by atomic mass is 10.2. The monoisotopic (exact) mass is 583 g/mol. The quantitative estimate of drug-likeness (QED) is 0.157. The summed E-state index contributed by atoms with van der Waals surface area (Å²) >= 11 is 5.82. The zero-order valence-electron chi connectivity index (χ0n) is 16.1. The second-order valence-corrected chi connectivity index (χ2v) is 16.7. The van der Waals surface area contributed by atoms with E-state index >= 15 is 0 Å². The highest BCUT2D eigenvalue weighted by Gasteiger charge is 2.66. The largest absolute Gasteiger partial charge is 0.370 e. The van der Waals surface area contributed by atoms with Gasteiger partial charge in [0.05, 0.1) is 0 Å². The summed E-state index contributed by atoms with van der Waals surface area (Å²) < 4.78 is 51.4. The highest BCUT2D eigenvalue weighted by molar-refractivity contribution is 8.12. The van der Waals surface area contributed by atoms with E-state index in [4.69, 9.17) is 11.6 Å². The first kappa shape index (κ1) is 28.8. The van der Waals surface area contributed by atoms with Crippen LogP contribution in [-0.2, 0) is 29.2 Å². The van der Waals surface area contributed by atoms with E-state index in [2.05, 4.69) is 9.51 Å². The van der Waals surface area contributed by atoms with Crippen molar-refractivity contribution >= 4 is 53.7 Å². The summed E-state index contributed by atoms with van der Waals surface area (Å²) in [5.74, 6) is 0. The van der Waals surface area contributed by atoms with E-state index in [1.165, 1.54) is 36.5 Å². The predicted molar refractivity (Wildman–Crippen MR) is 119 cm³/mol. The Hall–Kier alpha value is -0.390. The molecule has 2 atom stereocenters. The number of rotatable bonds is 10. The summed E-state index contributed by atoms with van der Waals surface area (Å²) in [5.41, 5.74) is -0.206. The van der Waals surface area contributed by atoms with Gasteiger partial charge in [-0.25, -0.2) is 0 Å². The Bertz CT molecular complexity index is 1140. The number of thioether (sulfide) groups is 1. The van der Waals surface area contributed by atoms with E-state index in [1.807, 2.05) is 0 Å². The lowest BCUT2D eigenvalue weighted by Gasteiger charge is -2.37. The number of nitrogens with zero attached hydrogens (tertiary/aromatic N) is 1. The van der Waals surface area contributed by atoms with Crippen LogP contribution in [0.3, 0.4) is 0 Å². The topological polar surface area (TPSA) is 232 Å². The maximum atomic E-state index is 13.0. The Labute approximate surface area is 196 Å². The molecular weight excluding hydrogens is 566 g/mol. The number of hydrogen-bond acceptors (Lipinski definition) is 7. The van der Waals surface area contributed by atoms with Crippen molar-refractivity contribution in [2.75, 3.05) is 0 Å². The van der Waals surface area contributed by atoms with Crippen molar-refractivity contribution in [2.45, 2.75) is 21.1 Å². The Balaban J connectivity index is 2.62. The first-order chi connectivity index (χ1) is 14.9. The van der Waals surface area contributed by atoms with E-state index in [1.54, 1.807) is 0 Å². The molecule has 19 heteroatoms. The second kappa shape index (κ2) is 10.3. The van der Waals surface area contributed by atoms with Gasteiger partial charge in [0, 0.05) is 28.7 Å². The summed E-state index contributed by atoms with van der Waals surface area (Å²) in [6.07, 6.45) is 0.901. The van der Waals surface area contributed by atoms with Gasteiger partial charge in [0.25, 0.3) is 5.08 Å². The van der Waals surface area contributed by atoms with Crippen LogP contribution in [0.4, 0.5) is 0 Å². The van der Waals surface area contributed by atoms with Crippen molar-refractivity contribution in [3.8, 4) is 0 Å². The second-order valence-electron chi connectivity index (χ2n) is 6.51. The van der Waals surface area contributed by atoms with Crippen LogP contribution in [0, 0.1) is 0 Å². The van der Waals surface area contributed by atoms with E-state index in [9.17, 15) is 52.5 Å². The number of hydrogen-bond donors (Lipinski definition) is 7. The molecule has 7 N–H and O–H groups in total. The third kappa shape index (κ3) is 7.07. The smallest absolute Gasteiger partial charge is 0.323 e. The van der Waals surface area contributed by atoms with Crippen LogP contribution in [0.2, 0.25) is 5.02 Å². The van der Waals surface area contributed by atoms with E-state index in [0.717, 1.165) is 12.3 Å². The molecule has 13 nitrogen and oxygen atoms in total. The Morgan fingerprint density at radius 2 is 1.48 bits per heavy atom. The molecule has 0 saturated heterocycles. The summed E-state index contributed by atoms with van der Waals surface area (Å²) in [5, 5.41) is -3.71. The predicted octanol–water partition coefficient (Wildman–Crippen LogP) is 2.74. The molecule has 1 aromatic carbocycles. The summed E-state index contributed by atoms with van der Waals surface area (Å²) in [6, 6.07) is 7.45. The lowest BCUT2D eigenvalue weighted by Crippen LogP contribution is -2.35. The molecule has 2 rings (SSSR count). The molecular formula is C14H18ClNO12P4S. The highest BCUT2D eigenvalue weighted by Crippen LogP contribution is 2.78. The average molecular weight is 584 g/mol. The Morgan fingerprint density at radius 3 is 1.91 bits per heavy atom. The minimum absolute atomic E-state index is 0.00387. The van der Waals surface area contributed by atoms with Crippen molar-refractivity contribution in [3.05, 3.63) is 59.4 Å². The Morgan fingerprint density at radius 1 is 0.939 bits per heavy atom. The SMILES string of the molecule is O=P(O)(O)C(Sc1ccc(Cl)cc1)P(=O)(O)OC(Cc1cccnc1)(P(=O)(O)O)P(=O)(O)O. The van der Waals surface area contributed by atoms with Crippen LogP contribution >= 0.6 is 53.7 Å². The van der Waals surface area contributed by atoms with Crippen LogP contribution in [0.5, 0.6) is 0 Å². The van der Waals surface area contributed by atoms with Gasteiger partial charge in [0.1, 0.15) is 0 Å². The van der Waals surface area contributed by atoms with Crippen molar-refractivity contribution in [1.29, 1.82) is 0 Å². The van der Waals surface area contributed by atoms with Crippen molar-refractivity contribution in [3.63, 3.8) is 0 Å². The van der Waals surface area contributed by atoms with Gasteiger partial charge in [-0.15, -0.1) is 0 Å². The van der Waals surface area contributed by atoms with E-state index in [0.29, 0.717) is 0 Å². The average Bonchev–Trinajstić information content (AvgIpc) is 2.64. The molecule has 0 aliphatic heterocycles. The van der Waals surface area contributed by atoms with Crippen molar-refractivity contribution in [1.82, 2.24) is 4.98 Å². The molecule has 0 fully saturated rings. The molecule has 0 bridgehead atoms. The van der Waals surface area contributed by atoms with E-state index in [-0.39, 0.29) is 27.2 Å². The number of pyridine rings is 1. The van der Waals surface area contributed by atoms with Crippen LogP contribution in [0.25, 0.3) is 0 Å². The van der Waals surface area contributed by atoms with Gasteiger partial charge in [-0.2, -0.15) is 0 Å². The van der Waals surface area contributed by atoms with Crippen LogP contribution < -0.4 is 0 Å². The standard InChI is InChI=1S/C14H18ClNO12P4S/c15-11-3-5-12(6-4-11)33-13(29(17,18)19)30(20,21)28-14(31(22,23)24,32(25,26)27)8-10-2-1-7-16-9-10/h1-7,9,13H,8H2,(H,20,21)(H2,17,18,19)(H2,22,23,24)(H2,25,26,27). The molecule has 0 aliphatic rings. The van der Waals surface area contributed by atoms with Crippen molar-refractivity contribution < 1.29 is 57.0 Å². The van der Waals surface area contributed by atoms with Gasteiger partial charge in [0.15, 0.2) is 0 Å². The molecule has 2 aromatic rings. The third-order valence-corrected chi connectivity index (χ3v) is 14.9. The number of halogens is 1. The zero-order valence-corrected chi connectivity index (χ0v) is 21.2. The molecule has 0 saturated carbocycles. The molecule has 184 valence electrons. The van der Waals surface area contributed by atoms with Gasteiger partial charge in [-0.3, -0.25) is 27.8 Å². The molecule has 33 heavy (non-hydrogen) atoms. The zero-order chi connectivity index (χ0) is 25.3. The minimum atomic E-state index is -6.10. The fraction of sp³-hybridized carbons (Fsp3) is 0.214. The summed E-state index contributed by atoms with van der Waals surface area (Å²) in [4.78, 5) is 72.7. The van der Waals surface area contributed by atoms with Gasteiger partial charge >= 0.3 is 30.4 Å². The summed E-state index contributed by atoms with van der Waals surface area (Å²) in [7, 11) is -23.7. The molecule has 1 heterocycles. The molecule has 0 aliphatic carbocycles. The third-order valence-electron chi connectivity index (χ3n) is 3.97. The first-order valence-electron chi connectivity index (χ1n) is 8.40. The van der Waals surface area contributed by atoms with Gasteiger partial charge < -0.3 is 34.3 Å². The molecule has 0 spiro atoms. The van der Waals surface area contributed by atoms with E-state index < -0.39 is 46.6 Å². The van der Waals surface area contributed by atoms with Crippen LogP contribution in [0.15, 0.2) is 53.7 Å². The summed E-state index contributed by atoms with van der Waals surface area (Å²) in [6.45, 7) is 0. The highest BCUT2D eigenvalue weighted by atomic mass is 35.5. The maximum Gasteiger partial charge on any atom is 0.370 e. The van der Waals surface area contributed by atoms with Gasteiger partial charge in [-0.1, -0.05) is 29.4 Å². The fourth-order valence-electron chi connectivity index (χ4n) is 2.50. The van der Waals surface area contributed by atoms with Gasteiger partial charge in [-0.05, 0) is 35.9 Å². The first-order valence-corrected chi connectivity index (χ1v) is 16.2. The van der Waals surface area contributed by atoms with Crippen LogP contribution in [0.1, 0.15) is 5.56 Å². The number of aromatic nitrogens is 1. The molecule has 0 amide bonds. The fourth-order valence-corrected chi connectivity index (χ4v) is 11.0. The minimum Gasteiger partial charge on any atom is -0.323 e. The molecule has 1 aromatic heterocycles. The van der Waals surface area contributed by atoms with Crippen molar-refractivity contribution in [2.24, 2.45) is 0 Å². The van der Waals surface area contributed by atoms with Crippen LogP contribution in [-0.4, -0.2) is 49.1 Å². The Kier molecular flexibility index (Phi) is 9.01.